The van der Waals surface area contributed by atoms with Crippen molar-refractivity contribution in [1.82, 2.24) is 10.2 Å². The molecule has 1 rings (SSSR count). The van der Waals surface area contributed by atoms with Crippen LogP contribution in [-0.4, -0.2) is 45.2 Å². The molecule has 6 nitrogen and oxygen atoms in total. The summed E-state index contributed by atoms with van der Waals surface area (Å²) in [6.07, 6.45) is 0. The number of guanidine groups is 1. The second-order valence-corrected chi connectivity index (χ2v) is 6.69. The number of sulfonamides is 1. The smallest absolute Gasteiger partial charge is 0.210 e. The van der Waals surface area contributed by atoms with E-state index in [9.17, 15) is 8.42 Å². The zero-order valence-corrected chi connectivity index (χ0v) is 13.8. The Morgan fingerprint density at radius 2 is 2.10 bits per heavy atom. The Bertz CT molecular complexity index is 590. The number of aliphatic imine (C=N–C) groups is 1. The van der Waals surface area contributed by atoms with Crippen molar-refractivity contribution in [3.05, 3.63) is 34.9 Å². The molecule has 0 aliphatic heterocycles. The van der Waals surface area contributed by atoms with Gasteiger partial charge < -0.3 is 10.2 Å². The summed E-state index contributed by atoms with van der Waals surface area (Å²) in [4.78, 5) is 6.14. The lowest BCUT2D eigenvalue weighted by atomic mass is 10.2. The van der Waals surface area contributed by atoms with Crippen LogP contribution in [0.3, 0.4) is 0 Å². The molecule has 3 N–H and O–H groups in total. The molecule has 1 aromatic carbocycles. The van der Waals surface area contributed by atoms with Gasteiger partial charge in [0, 0.05) is 25.2 Å². The molecule has 0 aliphatic rings. The lowest BCUT2D eigenvalue weighted by Crippen LogP contribution is -2.39. The first-order valence-corrected chi connectivity index (χ1v) is 8.66. The van der Waals surface area contributed by atoms with Crippen LogP contribution in [0.25, 0.3) is 0 Å². The molecule has 0 aromatic heterocycles. The molecule has 0 saturated carbocycles. The van der Waals surface area contributed by atoms with Crippen molar-refractivity contribution < 1.29 is 8.42 Å². The van der Waals surface area contributed by atoms with Crippen LogP contribution in [0.15, 0.2) is 29.3 Å². The third kappa shape index (κ3) is 6.79. The van der Waals surface area contributed by atoms with Crippen LogP contribution in [0.4, 0.5) is 0 Å². The fourth-order valence-corrected chi connectivity index (χ4v) is 2.25. The lowest BCUT2D eigenvalue weighted by molar-refractivity contribution is 0.477. The fraction of sp³-hybridized carbons (Fsp3) is 0.462. The topological polar surface area (TPSA) is 87.8 Å². The second kappa shape index (κ2) is 8.21. The van der Waals surface area contributed by atoms with Gasteiger partial charge in [-0.2, -0.15) is 0 Å². The molecule has 118 valence electrons. The Balaban J connectivity index is 2.75. The highest BCUT2D eigenvalue weighted by Gasteiger charge is 2.09. The quantitative estimate of drug-likeness (QED) is 0.601. The number of nitrogens with zero attached hydrogens (tertiary/aromatic N) is 2. The summed E-state index contributed by atoms with van der Waals surface area (Å²) >= 11 is 6.13. The third-order valence-electron chi connectivity index (χ3n) is 2.70. The second-order valence-electron chi connectivity index (χ2n) is 4.55. The minimum atomic E-state index is -3.50. The zero-order chi connectivity index (χ0) is 15.9. The summed E-state index contributed by atoms with van der Waals surface area (Å²) in [6, 6.07) is 7.56. The Labute approximate surface area is 131 Å². The van der Waals surface area contributed by atoms with E-state index in [0.29, 0.717) is 24.1 Å². The third-order valence-corrected chi connectivity index (χ3v) is 3.82. The molecule has 21 heavy (non-hydrogen) atoms. The Morgan fingerprint density at radius 1 is 1.43 bits per heavy atom. The number of hydrogen-bond acceptors (Lipinski definition) is 3. The summed E-state index contributed by atoms with van der Waals surface area (Å²) in [5.74, 6) is 0.433. The predicted octanol–water partition coefficient (Wildman–Crippen LogP) is 1.03. The predicted molar refractivity (Wildman–Crippen MR) is 86.9 cm³/mol. The molecule has 0 amide bonds. The summed E-state index contributed by atoms with van der Waals surface area (Å²) < 4.78 is 21.9. The van der Waals surface area contributed by atoms with Crippen LogP contribution in [0.2, 0.25) is 5.02 Å². The van der Waals surface area contributed by atoms with Crippen LogP contribution < -0.4 is 10.5 Å². The number of halogens is 1. The van der Waals surface area contributed by atoms with Crippen molar-refractivity contribution in [2.45, 2.75) is 13.5 Å². The number of primary sulfonamides is 1. The van der Waals surface area contributed by atoms with Crippen LogP contribution in [-0.2, 0) is 16.6 Å². The van der Waals surface area contributed by atoms with Gasteiger partial charge in [-0.1, -0.05) is 29.8 Å². The highest BCUT2D eigenvalue weighted by Crippen LogP contribution is 2.16. The van der Waals surface area contributed by atoms with Gasteiger partial charge in [-0.15, -0.1) is 0 Å². The first kappa shape index (κ1) is 17.7. The van der Waals surface area contributed by atoms with Crippen molar-refractivity contribution in [3.8, 4) is 0 Å². The normalized spacial score (nSPS) is 12.3. The number of nitrogens with two attached hydrogens (primary N) is 1. The van der Waals surface area contributed by atoms with Crippen LogP contribution in [0, 0.1) is 0 Å². The van der Waals surface area contributed by atoms with Crippen molar-refractivity contribution in [1.29, 1.82) is 0 Å². The average Bonchev–Trinajstić information content (AvgIpc) is 2.39. The molecule has 0 fully saturated rings. The van der Waals surface area contributed by atoms with E-state index in [1.54, 1.807) is 0 Å². The van der Waals surface area contributed by atoms with Gasteiger partial charge in [-0.25, -0.2) is 13.6 Å². The summed E-state index contributed by atoms with van der Waals surface area (Å²) in [5, 5.41) is 8.76. The number of nitrogens with one attached hydrogen (secondary N) is 1. The zero-order valence-electron chi connectivity index (χ0n) is 12.2. The van der Waals surface area contributed by atoms with Crippen LogP contribution >= 0.6 is 11.6 Å². The van der Waals surface area contributed by atoms with Crippen molar-refractivity contribution in [3.63, 3.8) is 0 Å². The van der Waals surface area contributed by atoms with Gasteiger partial charge in [-0.3, -0.25) is 4.99 Å². The van der Waals surface area contributed by atoms with E-state index in [0.717, 1.165) is 5.56 Å². The van der Waals surface area contributed by atoms with Gasteiger partial charge in [0.2, 0.25) is 10.0 Å². The molecule has 0 heterocycles. The Hall–Kier alpha value is -1.31. The van der Waals surface area contributed by atoms with Gasteiger partial charge in [0.1, 0.15) is 0 Å². The maximum Gasteiger partial charge on any atom is 0.210 e. The fourth-order valence-electron chi connectivity index (χ4n) is 1.71. The minimum absolute atomic E-state index is 0.119. The molecule has 0 aliphatic carbocycles. The van der Waals surface area contributed by atoms with Gasteiger partial charge in [0.25, 0.3) is 0 Å². The Morgan fingerprint density at radius 3 is 2.67 bits per heavy atom. The van der Waals surface area contributed by atoms with E-state index in [1.807, 2.05) is 43.1 Å². The Kier molecular flexibility index (Phi) is 6.94. The van der Waals surface area contributed by atoms with E-state index < -0.39 is 10.0 Å². The standard InChI is InChI=1S/C13H21ClN4O2S/c1-3-16-13(17-8-9-21(15,19)20)18(2)10-11-6-4-5-7-12(11)14/h4-7H,3,8-10H2,1-2H3,(H,16,17)(H2,15,19,20). The summed E-state index contributed by atoms with van der Waals surface area (Å²) in [5.41, 5.74) is 0.971. The molecule has 0 atom stereocenters. The SMILES string of the molecule is CCNC(=NCCS(N)(=O)=O)N(C)Cc1ccccc1Cl. The van der Waals surface area contributed by atoms with Gasteiger partial charge in [-0.05, 0) is 18.6 Å². The van der Waals surface area contributed by atoms with Gasteiger partial charge in [0.15, 0.2) is 5.96 Å². The first-order valence-electron chi connectivity index (χ1n) is 6.57. The lowest BCUT2D eigenvalue weighted by Gasteiger charge is -2.22. The molecule has 8 heteroatoms. The van der Waals surface area contributed by atoms with Gasteiger partial charge in [0.05, 0.1) is 12.3 Å². The largest absolute Gasteiger partial charge is 0.357 e. The van der Waals surface area contributed by atoms with Crippen molar-refractivity contribution in [2.75, 3.05) is 25.9 Å². The molecule has 0 bridgehead atoms. The number of benzene rings is 1. The van der Waals surface area contributed by atoms with Crippen LogP contribution in [0.5, 0.6) is 0 Å². The van der Waals surface area contributed by atoms with E-state index in [4.69, 9.17) is 16.7 Å². The number of hydrogen-bond donors (Lipinski definition) is 2. The molecule has 0 radical (unpaired) electrons. The van der Waals surface area contributed by atoms with E-state index in [-0.39, 0.29) is 12.3 Å². The maximum atomic E-state index is 10.9. The molecule has 0 saturated heterocycles. The minimum Gasteiger partial charge on any atom is -0.357 e. The number of rotatable bonds is 6. The molecular weight excluding hydrogens is 312 g/mol. The molecular formula is C13H21ClN4O2S. The van der Waals surface area contributed by atoms with E-state index >= 15 is 0 Å². The first-order chi connectivity index (χ1) is 9.83. The molecule has 0 spiro atoms. The van der Waals surface area contributed by atoms with E-state index in [1.165, 1.54) is 0 Å². The monoisotopic (exact) mass is 332 g/mol. The summed E-state index contributed by atoms with van der Waals surface area (Å²) in [6.45, 7) is 3.31. The molecule has 1 aromatic rings. The summed E-state index contributed by atoms with van der Waals surface area (Å²) in [7, 11) is -1.64. The highest BCUT2D eigenvalue weighted by molar-refractivity contribution is 7.89. The van der Waals surface area contributed by atoms with Crippen LogP contribution in [0.1, 0.15) is 12.5 Å². The highest BCUT2D eigenvalue weighted by atomic mass is 35.5. The molecule has 0 unspecified atom stereocenters. The van der Waals surface area contributed by atoms with E-state index in [2.05, 4.69) is 10.3 Å². The van der Waals surface area contributed by atoms with Crippen molar-refractivity contribution in [2.24, 2.45) is 10.1 Å². The van der Waals surface area contributed by atoms with Gasteiger partial charge >= 0.3 is 0 Å². The average molecular weight is 333 g/mol. The maximum absolute atomic E-state index is 10.9. The van der Waals surface area contributed by atoms with Crippen molar-refractivity contribution >= 4 is 27.6 Å².